The van der Waals surface area contributed by atoms with Crippen LogP contribution in [0.3, 0.4) is 0 Å². The third kappa shape index (κ3) is 49.6. The number of ether oxygens (including phenoxy) is 1. The molecule has 0 heterocycles. The van der Waals surface area contributed by atoms with Gasteiger partial charge in [-0.05, 0) is 57.8 Å². The molecule has 6 nitrogen and oxygen atoms in total. The second-order valence-corrected chi connectivity index (χ2v) is 19.3. The monoisotopic (exact) mass is 888 g/mol. The van der Waals surface area contributed by atoms with Gasteiger partial charge in [0.2, 0.25) is 5.91 Å². The van der Waals surface area contributed by atoms with E-state index in [0.717, 1.165) is 57.8 Å². The number of nitrogens with one attached hydrogen (secondary N) is 1. The lowest BCUT2D eigenvalue weighted by Gasteiger charge is -2.22. The van der Waals surface area contributed by atoms with Gasteiger partial charge in [-0.3, -0.25) is 9.59 Å². The van der Waals surface area contributed by atoms with Crippen LogP contribution in [0.4, 0.5) is 0 Å². The summed E-state index contributed by atoms with van der Waals surface area (Å²) in [6.07, 6.45) is 63.0. The summed E-state index contributed by atoms with van der Waals surface area (Å²) in [6.45, 7) is 4.92. The molecule has 372 valence electrons. The van der Waals surface area contributed by atoms with Crippen LogP contribution in [0.25, 0.3) is 0 Å². The lowest BCUT2D eigenvalue weighted by Crippen LogP contribution is -2.45. The highest BCUT2D eigenvalue weighted by Gasteiger charge is 2.20. The van der Waals surface area contributed by atoms with Crippen molar-refractivity contribution in [2.75, 3.05) is 13.2 Å². The average molecular weight is 889 g/mol. The number of carbonyl (C=O) groups excluding carboxylic acids is 2. The number of hydrogen-bond acceptors (Lipinski definition) is 5. The van der Waals surface area contributed by atoms with E-state index in [4.69, 9.17) is 4.74 Å². The first-order valence-corrected chi connectivity index (χ1v) is 28.1. The van der Waals surface area contributed by atoms with Crippen molar-refractivity contribution in [2.45, 2.75) is 315 Å². The lowest BCUT2D eigenvalue weighted by atomic mass is 10.0. The molecule has 0 aliphatic rings. The zero-order valence-electron chi connectivity index (χ0n) is 42.3. The standard InChI is InChI=1S/C57H109NO5/c1-3-5-7-9-11-13-15-17-21-25-29-33-37-41-45-49-55(60)54(53-59)58-56(61)50-46-42-38-34-30-26-23-19-20-24-28-32-36-40-44-48-52-63-57(62)51-47-43-39-35-31-27-22-18-16-14-12-10-8-6-4-2/h12,14,18,22,54-55,59-60H,3-11,13,15-17,19-21,23-53H2,1-2H3,(H,58,61)/b14-12-,22-18-. The summed E-state index contributed by atoms with van der Waals surface area (Å²) in [6, 6.07) is -0.547. The Balaban J connectivity index is 3.43. The van der Waals surface area contributed by atoms with Gasteiger partial charge >= 0.3 is 5.97 Å². The molecule has 63 heavy (non-hydrogen) atoms. The molecule has 6 heteroatoms. The van der Waals surface area contributed by atoms with Crippen LogP contribution in [0.2, 0.25) is 0 Å². The van der Waals surface area contributed by atoms with Crippen molar-refractivity contribution in [3.05, 3.63) is 24.3 Å². The second-order valence-electron chi connectivity index (χ2n) is 19.3. The molecule has 0 fully saturated rings. The van der Waals surface area contributed by atoms with Crippen LogP contribution in [-0.4, -0.2) is 47.4 Å². The van der Waals surface area contributed by atoms with Crippen molar-refractivity contribution < 1.29 is 24.5 Å². The van der Waals surface area contributed by atoms with E-state index in [-0.39, 0.29) is 18.5 Å². The van der Waals surface area contributed by atoms with Crippen molar-refractivity contribution >= 4 is 11.9 Å². The molecule has 0 saturated carbocycles. The molecule has 0 aromatic heterocycles. The molecule has 0 spiro atoms. The molecule has 1 amide bonds. The first kappa shape index (κ1) is 61.3. The van der Waals surface area contributed by atoms with Gasteiger partial charge in [-0.25, -0.2) is 0 Å². The maximum atomic E-state index is 12.5. The van der Waals surface area contributed by atoms with Gasteiger partial charge < -0.3 is 20.3 Å². The summed E-state index contributed by atoms with van der Waals surface area (Å²) in [5.74, 6) is -0.0516. The first-order chi connectivity index (χ1) is 31.0. The minimum Gasteiger partial charge on any atom is -0.466 e. The number of rotatable bonds is 52. The molecule has 0 aliphatic carbocycles. The van der Waals surface area contributed by atoms with E-state index in [2.05, 4.69) is 43.5 Å². The average Bonchev–Trinajstić information content (AvgIpc) is 3.28. The van der Waals surface area contributed by atoms with E-state index in [1.165, 1.54) is 212 Å². The third-order valence-electron chi connectivity index (χ3n) is 13.0. The predicted molar refractivity (Wildman–Crippen MR) is 273 cm³/mol. The highest BCUT2D eigenvalue weighted by atomic mass is 16.5. The van der Waals surface area contributed by atoms with Crippen LogP contribution in [0, 0.1) is 0 Å². The molecule has 0 rings (SSSR count). The van der Waals surface area contributed by atoms with Crippen LogP contribution in [-0.2, 0) is 14.3 Å². The molecule has 2 unspecified atom stereocenters. The quantitative estimate of drug-likeness (QED) is 0.0321. The second kappa shape index (κ2) is 53.0. The zero-order chi connectivity index (χ0) is 45.8. The number of carbonyl (C=O) groups is 2. The predicted octanol–water partition coefficient (Wildman–Crippen LogP) is 17.1. The number of unbranched alkanes of at least 4 members (excludes halogenated alkanes) is 37. The van der Waals surface area contributed by atoms with Crippen molar-refractivity contribution in [1.82, 2.24) is 5.32 Å². The summed E-state index contributed by atoms with van der Waals surface area (Å²) in [5.41, 5.74) is 0. The van der Waals surface area contributed by atoms with E-state index in [9.17, 15) is 19.8 Å². The number of hydrogen-bond donors (Lipinski definition) is 3. The van der Waals surface area contributed by atoms with Crippen LogP contribution < -0.4 is 5.32 Å². The Morgan fingerprint density at radius 3 is 1.24 bits per heavy atom. The van der Waals surface area contributed by atoms with Crippen molar-refractivity contribution in [1.29, 1.82) is 0 Å². The molecule has 0 aromatic rings. The number of esters is 1. The van der Waals surface area contributed by atoms with E-state index in [1.54, 1.807) is 0 Å². The van der Waals surface area contributed by atoms with Gasteiger partial charge in [0.1, 0.15) is 0 Å². The maximum Gasteiger partial charge on any atom is 0.305 e. The Bertz CT molecular complexity index is 982. The summed E-state index contributed by atoms with van der Waals surface area (Å²) in [5, 5.41) is 23.3. The molecule has 3 N–H and O–H groups in total. The number of amides is 1. The van der Waals surface area contributed by atoms with Crippen molar-refractivity contribution in [3.63, 3.8) is 0 Å². The molecule has 0 bridgehead atoms. The molecular weight excluding hydrogens is 779 g/mol. The molecule has 0 radical (unpaired) electrons. The van der Waals surface area contributed by atoms with Crippen molar-refractivity contribution in [3.8, 4) is 0 Å². The number of aliphatic hydroxyl groups excluding tert-OH is 2. The zero-order valence-corrected chi connectivity index (χ0v) is 42.3. The first-order valence-electron chi connectivity index (χ1n) is 28.1. The SMILES string of the molecule is CCCCC/C=C\C/C=C\CCCCCCCC(=O)OCCCCCCCCCCCCCCCCCCC(=O)NC(CO)C(O)CCCCCCCCCCCCCCCCC. The summed E-state index contributed by atoms with van der Waals surface area (Å²) < 4.78 is 5.47. The lowest BCUT2D eigenvalue weighted by molar-refractivity contribution is -0.143. The van der Waals surface area contributed by atoms with Gasteiger partial charge in [0.05, 0.1) is 25.4 Å². The van der Waals surface area contributed by atoms with Gasteiger partial charge in [0.25, 0.3) is 0 Å². The van der Waals surface area contributed by atoms with Crippen LogP contribution in [0.1, 0.15) is 303 Å². The molecule has 0 aromatic carbocycles. The fourth-order valence-electron chi connectivity index (χ4n) is 8.67. The number of aliphatic hydroxyl groups is 2. The van der Waals surface area contributed by atoms with E-state index in [0.29, 0.717) is 25.9 Å². The van der Waals surface area contributed by atoms with Gasteiger partial charge in [0.15, 0.2) is 0 Å². The van der Waals surface area contributed by atoms with Gasteiger partial charge in [-0.15, -0.1) is 0 Å². The Morgan fingerprint density at radius 1 is 0.444 bits per heavy atom. The molecular formula is C57H109NO5. The Morgan fingerprint density at radius 2 is 0.794 bits per heavy atom. The van der Waals surface area contributed by atoms with Crippen LogP contribution >= 0.6 is 0 Å². The summed E-state index contributed by atoms with van der Waals surface area (Å²) >= 11 is 0. The van der Waals surface area contributed by atoms with Gasteiger partial charge in [-0.2, -0.15) is 0 Å². The largest absolute Gasteiger partial charge is 0.466 e. The smallest absolute Gasteiger partial charge is 0.305 e. The fourth-order valence-corrected chi connectivity index (χ4v) is 8.67. The normalized spacial score (nSPS) is 12.8. The highest BCUT2D eigenvalue weighted by molar-refractivity contribution is 5.76. The summed E-state index contributed by atoms with van der Waals surface area (Å²) in [7, 11) is 0. The number of allylic oxidation sites excluding steroid dienone is 4. The van der Waals surface area contributed by atoms with E-state index < -0.39 is 12.1 Å². The maximum absolute atomic E-state index is 12.5. The van der Waals surface area contributed by atoms with Gasteiger partial charge in [0, 0.05) is 12.8 Å². The topological polar surface area (TPSA) is 95.9 Å². The minimum atomic E-state index is -0.669. The Hall–Kier alpha value is -1.66. The van der Waals surface area contributed by atoms with Crippen molar-refractivity contribution in [2.24, 2.45) is 0 Å². The molecule has 0 aliphatic heterocycles. The molecule has 2 atom stereocenters. The molecule has 0 saturated heterocycles. The highest BCUT2D eigenvalue weighted by Crippen LogP contribution is 2.17. The van der Waals surface area contributed by atoms with E-state index >= 15 is 0 Å². The Labute approximate surface area is 392 Å². The van der Waals surface area contributed by atoms with Gasteiger partial charge in [-0.1, -0.05) is 256 Å². The third-order valence-corrected chi connectivity index (χ3v) is 13.0. The minimum absolute atomic E-state index is 0.0106. The van der Waals surface area contributed by atoms with Crippen LogP contribution in [0.5, 0.6) is 0 Å². The Kier molecular flexibility index (Phi) is 51.6. The van der Waals surface area contributed by atoms with E-state index in [1.807, 2.05) is 0 Å². The fraction of sp³-hybridized carbons (Fsp3) is 0.895. The van der Waals surface area contributed by atoms with Crippen LogP contribution in [0.15, 0.2) is 24.3 Å². The summed E-state index contributed by atoms with van der Waals surface area (Å²) in [4.78, 5) is 24.5.